The fourth-order valence-corrected chi connectivity index (χ4v) is 4.15. The maximum Gasteiger partial charge on any atom is 0.508 e. The van der Waals surface area contributed by atoms with Gasteiger partial charge in [0.2, 0.25) is 5.88 Å². The molecule has 0 amide bonds. The van der Waals surface area contributed by atoms with E-state index in [2.05, 4.69) is 25.8 Å². The first kappa shape index (κ1) is 28.3. The van der Waals surface area contributed by atoms with E-state index in [4.69, 9.17) is 14.2 Å². The van der Waals surface area contributed by atoms with E-state index in [1.165, 1.54) is 6.07 Å². The number of carbonyl (C=O) groups is 1. The van der Waals surface area contributed by atoms with Gasteiger partial charge < -0.3 is 39.4 Å². The Kier molecular flexibility index (Phi) is 8.96. The molecule has 36 heavy (non-hydrogen) atoms. The molecule has 0 spiro atoms. The van der Waals surface area contributed by atoms with Gasteiger partial charge in [-0.05, 0) is 45.4 Å². The lowest BCUT2D eigenvalue weighted by Crippen LogP contribution is -2.67. The van der Waals surface area contributed by atoms with E-state index in [0.717, 1.165) is 0 Å². The molecule has 0 aliphatic carbocycles. The quantitative estimate of drug-likeness (QED) is 0.271. The summed E-state index contributed by atoms with van der Waals surface area (Å²) in [4.78, 5) is 11.5. The molecule has 4 N–H and O–H groups in total. The number of rotatable bonds is 8. The van der Waals surface area contributed by atoms with Gasteiger partial charge in [-0.25, -0.2) is 9.18 Å². The summed E-state index contributed by atoms with van der Waals surface area (Å²) in [7, 11) is 0. The minimum absolute atomic E-state index is 0.0275. The van der Waals surface area contributed by atoms with Gasteiger partial charge in [-0.2, -0.15) is 0 Å². The van der Waals surface area contributed by atoms with Crippen LogP contribution in [0.25, 0.3) is 0 Å². The largest absolute Gasteiger partial charge is 0.508 e. The molecule has 200 valence electrons. The van der Waals surface area contributed by atoms with E-state index in [9.17, 15) is 29.6 Å². The Hall–Kier alpha value is -2.29. The number of aliphatic hydroxyl groups excluding tert-OH is 3. The maximum atomic E-state index is 14.6. The Labute approximate surface area is 215 Å². The van der Waals surface area contributed by atoms with Crippen molar-refractivity contribution in [1.82, 2.24) is 9.78 Å². The van der Waals surface area contributed by atoms with Crippen molar-refractivity contribution in [2.75, 3.05) is 13.2 Å². The van der Waals surface area contributed by atoms with E-state index < -0.39 is 49.0 Å². The summed E-state index contributed by atoms with van der Waals surface area (Å²) in [6.07, 6.45) is -8.31. The van der Waals surface area contributed by atoms with Crippen LogP contribution in [0.1, 0.15) is 43.6 Å². The van der Waals surface area contributed by atoms with Crippen LogP contribution in [0.4, 0.5) is 9.18 Å². The first-order valence-electron chi connectivity index (χ1n) is 11.3. The maximum absolute atomic E-state index is 14.6. The second-order valence-corrected chi connectivity index (χ2v) is 9.54. The molecule has 1 aromatic carbocycles. The first-order chi connectivity index (χ1) is 16.9. The van der Waals surface area contributed by atoms with E-state index in [0.29, 0.717) is 21.3 Å². The van der Waals surface area contributed by atoms with Gasteiger partial charge in [-0.1, -0.05) is 22.0 Å². The second-order valence-electron chi connectivity index (χ2n) is 8.63. The van der Waals surface area contributed by atoms with Crippen molar-refractivity contribution in [2.24, 2.45) is 0 Å². The van der Waals surface area contributed by atoms with E-state index in [1.807, 2.05) is 13.8 Å². The Balaban J connectivity index is 1.93. The molecule has 0 bridgehead atoms. The molecule has 13 heteroatoms. The monoisotopic (exact) mass is 576 g/mol. The Bertz CT molecular complexity index is 1080. The lowest BCUT2D eigenvalue weighted by Gasteiger charge is -2.44. The highest BCUT2D eigenvalue weighted by atomic mass is 79.9. The van der Waals surface area contributed by atoms with Crippen molar-refractivity contribution in [3.63, 3.8) is 0 Å². The van der Waals surface area contributed by atoms with Gasteiger partial charge in [-0.3, -0.25) is 4.68 Å². The summed E-state index contributed by atoms with van der Waals surface area (Å²) in [5.74, 6) is -3.55. The number of nitrogens with zero attached hydrogens (tertiary/aromatic N) is 2. The summed E-state index contributed by atoms with van der Waals surface area (Å²) in [6.45, 7) is 6.44. The molecule has 0 unspecified atom stereocenters. The standard InChI is InChI=1S/C23H30BrFN2O9/c1-5-33-22(31)34-10-17-18(28)19(29)20(30)23(32,35-17)36-21-15(12(4)27(26-21)11(2)3)8-13-6-7-14(24)9-16(13)25/h6-7,9,11,17-20,28-30,32H,5,8,10H2,1-4H3/t17-,18-,19+,20-,23-/m1/s1. The lowest BCUT2D eigenvalue weighted by atomic mass is 9.97. The third-order valence-electron chi connectivity index (χ3n) is 5.73. The van der Waals surface area contributed by atoms with Crippen LogP contribution in [-0.4, -0.2) is 80.0 Å². The molecule has 11 nitrogen and oxygen atoms in total. The first-order valence-corrected chi connectivity index (χ1v) is 12.1. The van der Waals surface area contributed by atoms with Gasteiger partial charge in [0.05, 0.1) is 6.61 Å². The van der Waals surface area contributed by atoms with Crippen molar-refractivity contribution in [2.45, 2.75) is 70.5 Å². The fourth-order valence-electron chi connectivity index (χ4n) is 3.81. The van der Waals surface area contributed by atoms with Crippen LogP contribution in [0.15, 0.2) is 22.7 Å². The summed E-state index contributed by atoms with van der Waals surface area (Å²) in [5, 5.41) is 46.6. The van der Waals surface area contributed by atoms with Crippen LogP contribution in [0.3, 0.4) is 0 Å². The molecule has 5 atom stereocenters. The molecule has 0 radical (unpaired) electrons. The van der Waals surface area contributed by atoms with E-state index in [-0.39, 0.29) is 24.9 Å². The molecule has 2 heterocycles. The van der Waals surface area contributed by atoms with Crippen molar-refractivity contribution >= 4 is 22.1 Å². The Morgan fingerprint density at radius 1 is 1.28 bits per heavy atom. The second kappa shape index (κ2) is 11.4. The SMILES string of the molecule is CCOC(=O)OC[C@H]1O[C@@](O)(Oc2nn(C(C)C)c(C)c2Cc2ccc(Br)cc2F)[C@H](O)[C@@H](O)[C@@H]1O. The van der Waals surface area contributed by atoms with Crippen LogP contribution in [-0.2, 0) is 20.6 Å². The summed E-state index contributed by atoms with van der Waals surface area (Å²) < 4.78 is 37.2. The zero-order valence-corrected chi connectivity index (χ0v) is 21.8. The van der Waals surface area contributed by atoms with Gasteiger partial charge in [0, 0.05) is 28.2 Å². The van der Waals surface area contributed by atoms with E-state index >= 15 is 0 Å². The minimum Gasteiger partial charge on any atom is -0.435 e. The number of hydrogen-bond donors (Lipinski definition) is 4. The number of aromatic nitrogens is 2. The number of aliphatic hydroxyl groups is 4. The van der Waals surface area contributed by atoms with Crippen LogP contribution < -0.4 is 4.74 Å². The fraction of sp³-hybridized carbons (Fsp3) is 0.565. The number of ether oxygens (including phenoxy) is 4. The average molecular weight is 577 g/mol. The molecular formula is C23H30BrFN2O9. The zero-order valence-electron chi connectivity index (χ0n) is 20.2. The molecule has 1 saturated heterocycles. The lowest BCUT2D eigenvalue weighted by molar-refractivity contribution is -0.423. The number of halogens is 2. The highest BCUT2D eigenvalue weighted by molar-refractivity contribution is 9.10. The Morgan fingerprint density at radius 2 is 1.97 bits per heavy atom. The predicted octanol–water partition coefficient (Wildman–Crippen LogP) is 1.94. The van der Waals surface area contributed by atoms with Gasteiger partial charge in [-0.15, -0.1) is 5.10 Å². The average Bonchev–Trinajstić information content (AvgIpc) is 3.11. The molecule has 1 aliphatic rings. The topological polar surface area (TPSA) is 153 Å². The minimum atomic E-state index is -2.89. The van der Waals surface area contributed by atoms with Gasteiger partial charge in [0.15, 0.2) is 6.10 Å². The van der Waals surface area contributed by atoms with Crippen molar-refractivity contribution in [1.29, 1.82) is 0 Å². The summed E-state index contributed by atoms with van der Waals surface area (Å²) in [5.41, 5.74) is 1.33. The van der Waals surface area contributed by atoms with Crippen LogP contribution in [0.2, 0.25) is 0 Å². The number of carbonyl (C=O) groups excluding carboxylic acids is 1. The van der Waals surface area contributed by atoms with Crippen LogP contribution in [0, 0.1) is 12.7 Å². The highest BCUT2D eigenvalue weighted by Gasteiger charge is 2.56. The molecule has 1 fully saturated rings. The highest BCUT2D eigenvalue weighted by Crippen LogP contribution is 2.35. The number of benzene rings is 1. The van der Waals surface area contributed by atoms with E-state index in [1.54, 1.807) is 30.7 Å². The van der Waals surface area contributed by atoms with Gasteiger partial charge >= 0.3 is 12.1 Å². The van der Waals surface area contributed by atoms with Gasteiger partial charge in [0.25, 0.3) is 0 Å². The van der Waals surface area contributed by atoms with Crippen molar-refractivity contribution < 1.29 is 48.6 Å². The smallest absolute Gasteiger partial charge is 0.435 e. The number of hydrogen-bond acceptors (Lipinski definition) is 10. The molecule has 2 aromatic rings. The molecule has 1 aliphatic heterocycles. The molecule has 1 aromatic heterocycles. The van der Waals surface area contributed by atoms with Crippen molar-refractivity contribution in [3.05, 3.63) is 45.3 Å². The van der Waals surface area contributed by atoms with Gasteiger partial charge in [0.1, 0.15) is 30.7 Å². The summed E-state index contributed by atoms with van der Waals surface area (Å²) in [6, 6.07) is 4.43. The zero-order chi connectivity index (χ0) is 26.8. The molecule has 0 saturated carbocycles. The molecular weight excluding hydrogens is 547 g/mol. The third kappa shape index (κ3) is 5.98. The van der Waals surface area contributed by atoms with Crippen LogP contribution >= 0.6 is 15.9 Å². The van der Waals surface area contributed by atoms with Crippen molar-refractivity contribution in [3.8, 4) is 5.88 Å². The molecule has 3 rings (SSSR count). The Morgan fingerprint density at radius 3 is 2.58 bits per heavy atom. The third-order valence-corrected chi connectivity index (χ3v) is 6.22. The van der Waals surface area contributed by atoms with Crippen LogP contribution in [0.5, 0.6) is 5.88 Å². The normalized spacial score (nSPS) is 26.2. The summed E-state index contributed by atoms with van der Waals surface area (Å²) >= 11 is 3.22. The predicted molar refractivity (Wildman–Crippen MR) is 126 cm³/mol.